The molecule has 1 aliphatic heterocycles. The van der Waals surface area contributed by atoms with Crippen LogP contribution in [0.1, 0.15) is 41.0 Å². The predicted molar refractivity (Wildman–Crippen MR) is 82.7 cm³/mol. The number of halogens is 1. The molecule has 2 aromatic rings. The fourth-order valence-corrected chi connectivity index (χ4v) is 3.73. The van der Waals surface area contributed by atoms with Crippen LogP contribution in [0.5, 0.6) is 0 Å². The Morgan fingerprint density at radius 2 is 2.33 bits per heavy atom. The molecule has 0 amide bonds. The van der Waals surface area contributed by atoms with Crippen molar-refractivity contribution >= 4 is 22.8 Å². The maximum atomic E-state index is 14.0. The van der Waals surface area contributed by atoms with Gasteiger partial charge in [0, 0.05) is 30.6 Å². The van der Waals surface area contributed by atoms with E-state index in [9.17, 15) is 9.18 Å². The lowest BCUT2D eigenvalue weighted by Gasteiger charge is -2.34. The molecule has 2 heterocycles. The standard InChI is InChI=1S/C16H17FN2OS/c1-11(20)15-13(17)5-2-6-14(15)19-8-3-4-12(10-19)16-18-7-9-21-16/h2,5-7,9,12H,3-4,8,10H2,1H3/t12-/m1/s1. The molecule has 1 aliphatic rings. The van der Waals surface area contributed by atoms with Crippen molar-refractivity contribution in [2.45, 2.75) is 25.7 Å². The molecule has 0 bridgehead atoms. The van der Waals surface area contributed by atoms with Gasteiger partial charge in [-0.05, 0) is 31.9 Å². The molecule has 0 spiro atoms. The van der Waals surface area contributed by atoms with Gasteiger partial charge >= 0.3 is 0 Å². The molecule has 5 heteroatoms. The van der Waals surface area contributed by atoms with Crippen molar-refractivity contribution in [2.24, 2.45) is 0 Å². The lowest BCUT2D eigenvalue weighted by Crippen LogP contribution is -2.35. The van der Waals surface area contributed by atoms with E-state index < -0.39 is 5.82 Å². The molecule has 0 saturated carbocycles. The number of aromatic nitrogens is 1. The Labute approximate surface area is 127 Å². The SMILES string of the molecule is CC(=O)c1c(F)cccc1N1CCC[C@@H](c2nccs2)C1. The van der Waals surface area contributed by atoms with Crippen LogP contribution in [0.4, 0.5) is 10.1 Å². The van der Waals surface area contributed by atoms with Gasteiger partial charge in [0.25, 0.3) is 0 Å². The summed E-state index contributed by atoms with van der Waals surface area (Å²) in [4.78, 5) is 18.3. The number of thiazole rings is 1. The zero-order chi connectivity index (χ0) is 14.8. The molecule has 1 aromatic heterocycles. The molecule has 3 rings (SSSR count). The normalized spacial score (nSPS) is 18.8. The Kier molecular flexibility index (Phi) is 4.01. The van der Waals surface area contributed by atoms with E-state index in [4.69, 9.17) is 0 Å². The highest BCUT2D eigenvalue weighted by Gasteiger charge is 2.26. The van der Waals surface area contributed by atoms with Gasteiger partial charge in [-0.1, -0.05) is 6.07 Å². The Hall–Kier alpha value is -1.75. The number of Topliss-reactive ketones (excluding diaryl/α,β-unsaturated/α-hetero) is 1. The average molecular weight is 304 g/mol. The van der Waals surface area contributed by atoms with Crippen LogP contribution in [-0.2, 0) is 0 Å². The molecular formula is C16H17FN2OS. The summed E-state index contributed by atoms with van der Waals surface area (Å²) in [7, 11) is 0. The first-order chi connectivity index (χ1) is 10.2. The second kappa shape index (κ2) is 5.93. The van der Waals surface area contributed by atoms with Crippen LogP contribution >= 0.6 is 11.3 Å². The number of benzene rings is 1. The maximum absolute atomic E-state index is 14.0. The van der Waals surface area contributed by atoms with Crippen molar-refractivity contribution < 1.29 is 9.18 Å². The molecule has 0 radical (unpaired) electrons. The number of nitrogens with zero attached hydrogens (tertiary/aromatic N) is 2. The van der Waals surface area contributed by atoms with Gasteiger partial charge < -0.3 is 4.90 Å². The van der Waals surface area contributed by atoms with Crippen LogP contribution in [0.15, 0.2) is 29.8 Å². The first-order valence-corrected chi connectivity index (χ1v) is 7.98. The molecule has 0 N–H and O–H groups in total. The molecule has 1 saturated heterocycles. The zero-order valence-corrected chi connectivity index (χ0v) is 12.7. The quantitative estimate of drug-likeness (QED) is 0.807. The average Bonchev–Trinajstić information content (AvgIpc) is 3.01. The van der Waals surface area contributed by atoms with Crippen molar-refractivity contribution in [2.75, 3.05) is 18.0 Å². The van der Waals surface area contributed by atoms with Gasteiger partial charge in [-0.3, -0.25) is 4.79 Å². The van der Waals surface area contributed by atoms with Crippen LogP contribution in [0.3, 0.4) is 0 Å². The maximum Gasteiger partial charge on any atom is 0.164 e. The van der Waals surface area contributed by atoms with E-state index >= 15 is 0 Å². The minimum Gasteiger partial charge on any atom is -0.370 e. The largest absolute Gasteiger partial charge is 0.370 e. The highest BCUT2D eigenvalue weighted by atomic mass is 32.1. The van der Waals surface area contributed by atoms with E-state index in [1.807, 2.05) is 17.6 Å². The van der Waals surface area contributed by atoms with E-state index in [1.165, 1.54) is 13.0 Å². The Balaban J connectivity index is 1.90. The summed E-state index contributed by atoms with van der Waals surface area (Å²) in [5.41, 5.74) is 0.918. The number of hydrogen-bond acceptors (Lipinski definition) is 4. The van der Waals surface area contributed by atoms with Crippen LogP contribution < -0.4 is 4.90 Å². The van der Waals surface area contributed by atoms with Gasteiger partial charge in [-0.2, -0.15) is 0 Å². The Morgan fingerprint density at radius 3 is 3.05 bits per heavy atom. The number of rotatable bonds is 3. The number of anilines is 1. The van der Waals surface area contributed by atoms with E-state index in [1.54, 1.807) is 17.4 Å². The van der Waals surface area contributed by atoms with Crippen LogP contribution in [-0.4, -0.2) is 23.9 Å². The molecule has 1 aromatic carbocycles. The number of piperidine rings is 1. The van der Waals surface area contributed by atoms with E-state index in [-0.39, 0.29) is 11.3 Å². The molecule has 21 heavy (non-hydrogen) atoms. The van der Waals surface area contributed by atoms with Crippen molar-refractivity contribution in [3.05, 3.63) is 46.2 Å². The van der Waals surface area contributed by atoms with E-state index in [0.717, 1.165) is 30.9 Å². The van der Waals surface area contributed by atoms with Gasteiger partial charge in [0.15, 0.2) is 5.78 Å². The van der Waals surface area contributed by atoms with Crippen molar-refractivity contribution in [3.63, 3.8) is 0 Å². The number of hydrogen-bond donors (Lipinski definition) is 0. The fourth-order valence-electron chi connectivity index (χ4n) is 2.96. The molecule has 1 fully saturated rings. The second-order valence-corrected chi connectivity index (χ2v) is 6.27. The second-order valence-electron chi connectivity index (χ2n) is 5.35. The minimum atomic E-state index is -0.434. The molecule has 3 nitrogen and oxygen atoms in total. The van der Waals surface area contributed by atoms with Crippen molar-refractivity contribution in [3.8, 4) is 0 Å². The third kappa shape index (κ3) is 2.83. The zero-order valence-electron chi connectivity index (χ0n) is 11.9. The van der Waals surface area contributed by atoms with Crippen LogP contribution in [0, 0.1) is 5.82 Å². The Morgan fingerprint density at radius 1 is 1.48 bits per heavy atom. The third-order valence-electron chi connectivity index (χ3n) is 3.91. The topological polar surface area (TPSA) is 33.2 Å². The summed E-state index contributed by atoms with van der Waals surface area (Å²) >= 11 is 1.66. The first kappa shape index (κ1) is 14.2. The minimum absolute atomic E-state index is 0.206. The summed E-state index contributed by atoms with van der Waals surface area (Å²) < 4.78 is 14.0. The molecule has 1 atom stereocenters. The number of ketones is 1. The van der Waals surface area contributed by atoms with Crippen molar-refractivity contribution in [1.29, 1.82) is 0 Å². The number of carbonyl (C=O) groups is 1. The molecule has 0 unspecified atom stereocenters. The smallest absolute Gasteiger partial charge is 0.164 e. The highest BCUT2D eigenvalue weighted by Crippen LogP contribution is 2.33. The summed E-state index contributed by atoms with van der Waals surface area (Å²) in [5, 5.41) is 3.11. The summed E-state index contributed by atoms with van der Waals surface area (Å²) in [6, 6.07) is 4.86. The molecular weight excluding hydrogens is 287 g/mol. The molecule has 110 valence electrons. The third-order valence-corrected chi connectivity index (χ3v) is 4.84. The van der Waals surface area contributed by atoms with Crippen molar-refractivity contribution in [1.82, 2.24) is 4.98 Å². The lowest BCUT2D eigenvalue weighted by atomic mass is 9.97. The lowest BCUT2D eigenvalue weighted by molar-refractivity contribution is 0.101. The predicted octanol–water partition coefficient (Wildman–Crippen LogP) is 3.87. The van der Waals surface area contributed by atoms with Gasteiger partial charge in [0.05, 0.1) is 16.3 Å². The van der Waals surface area contributed by atoms with Gasteiger partial charge in [-0.25, -0.2) is 9.37 Å². The highest BCUT2D eigenvalue weighted by molar-refractivity contribution is 7.09. The summed E-state index contributed by atoms with van der Waals surface area (Å²) in [6.07, 6.45) is 3.94. The summed E-state index contributed by atoms with van der Waals surface area (Å²) in [6.45, 7) is 3.06. The Bertz CT molecular complexity index is 642. The van der Waals surface area contributed by atoms with Gasteiger partial charge in [-0.15, -0.1) is 11.3 Å². The first-order valence-electron chi connectivity index (χ1n) is 7.10. The van der Waals surface area contributed by atoms with E-state index in [0.29, 0.717) is 11.6 Å². The monoisotopic (exact) mass is 304 g/mol. The number of carbonyl (C=O) groups excluding carboxylic acids is 1. The fraction of sp³-hybridized carbons (Fsp3) is 0.375. The van der Waals surface area contributed by atoms with E-state index in [2.05, 4.69) is 9.88 Å². The molecule has 0 aliphatic carbocycles. The summed E-state index contributed by atoms with van der Waals surface area (Å²) in [5.74, 6) is -0.294. The van der Waals surface area contributed by atoms with Crippen LogP contribution in [0.2, 0.25) is 0 Å². The van der Waals surface area contributed by atoms with Crippen LogP contribution in [0.25, 0.3) is 0 Å². The van der Waals surface area contributed by atoms with Gasteiger partial charge in [0.1, 0.15) is 5.82 Å². The van der Waals surface area contributed by atoms with Gasteiger partial charge in [0.2, 0.25) is 0 Å².